The Balaban J connectivity index is 2.15. The minimum Gasteiger partial charge on any atom is -0.305 e. The molecule has 5 nitrogen and oxygen atoms in total. The summed E-state index contributed by atoms with van der Waals surface area (Å²) >= 11 is 0. The van der Waals surface area contributed by atoms with Crippen molar-refractivity contribution in [2.75, 3.05) is 13.2 Å². The minimum absolute atomic E-state index is 0.320. The summed E-state index contributed by atoms with van der Waals surface area (Å²) in [7, 11) is -3.35. The molecule has 2 aromatic carbocycles. The number of aromatic nitrogens is 2. The maximum absolute atomic E-state index is 13.1. The summed E-state index contributed by atoms with van der Waals surface area (Å²) in [6.45, 7) is 4.25. The molecule has 0 spiro atoms. The summed E-state index contributed by atoms with van der Waals surface area (Å²) < 4.78 is 25.8. The zero-order valence-corrected chi connectivity index (χ0v) is 14.1. The quantitative estimate of drug-likeness (QED) is 0.643. The van der Waals surface area contributed by atoms with Crippen molar-refractivity contribution in [2.24, 2.45) is 0 Å². The molecule has 0 aliphatic carbocycles. The average Bonchev–Trinajstić information content (AvgIpc) is 3.00. The Morgan fingerprint density at radius 1 is 1.00 bits per heavy atom. The van der Waals surface area contributed by atoms with Crippen LogP contribution < -0.4 is 5.30 Å². The van der Waals surface area contributed by atoms with Crippen LogP contribution in [0, 0.1) is 0 Å². The average molecular weight is 330 g/mol. The molecule has 120 valence electrons. The van der Waals surface area contributed by atoms with Gasteiger partial charge in [0.05, 0.1) is 29.7 Å². The molecule has 3 aromatic rings. The van der Waals surface area contributed by atoms with E-state index < -0.39 is 7.60 Å². The van der Waals surface area contributed by atoms with Crippen molar-refractivity contribution in [3.05, 3.63) is 54.7 Å². The molecule has 0 amide bonds. The van der Waals surface area contributed by atoms with Crippen LogP contribution in [0.4, 0.5) is 0 Å². The highest BCUT2D eigenvalue weighted by atomic mass is 31.2. The highest BCUT2D eigenvalue weighted by Crippen LogP contribution is 2.48. The van der Waals surface area contributed by atoms with Gasteiger partial charge in [-0.3, -0.25) is 4.57 Å². The van der Waals surface area contributed by atoms with E-state index in [-0.39, 0.29) is 0 Å². The summed E-state index contributed by atoms with van der Waals surface area (Å²) in [5, 5.41) is 5.90. The highest BCUT2D eigenvalue weighted by molar-refractivity contribution is 7.62. The van der Waals surface area contributed by atoms with Crippen LogP contribution in [0.3, 0.4) is 0 Å². The molecule has 0 atom stereocenters. The van der Waals surface area contributed by atoms with E-state index in [1.165, 1.54) is 0 Å². The van der Waals surface area contributed by atoms with E-state index in [4.69, 9.17) is 9.05 Å². The lowest BCUT2D eigenvalue weighted by Crippen LogP contribution is -2.11. The lowest BCUT2D eigenvalue weighted by atomic mass is 10.2. The first-order valence-corrected chi connectivity index (χ1v) is 9.15. The number of fused-ring (bicyclic) bond motifs is 1. The van der Waals surface area contributed by atoms with E-state index >= 15 is 0 Å². The summed E-state index contributed by atoms with van der Waals surface area (Å²) in [5.41, 5.74) is 1.70. The SMILES string of the molecule is CCOP(=O)(OCC)c1cccc2nn(-c3ccccc3)cc12. The monoisotopic (exact) mass is 330 g/mol. The van der Waals surface area contributed by atoms with Gasteiger partial charge < -0.3 is 9.05 Å². The molecule has 0 aliphatic rings. The van der Waals surface area contributed by atoms with Crippen molar-refractivity contribution >= 4 is 23.8 Å². The van der Waals surface area contributed by atoms with E-state index in [1.807, 2.05) is 48.7 Å². The lowest BCUT2D eigenvalue weighted by Gasteiger charge is -2.17. The van der Waals surface area contributed by atoms with Gasteiger partial charge in [0.25, 0.3) is 0 Å². The Labute approximate surface area is 135 Å². The Bertz CT molecular complexity index is 835. The summed E-state index contributed by atoms with van der Waals surface area (Å²) in [6.07, 6.45) is 1.87. The second kappa shape index (κ2) is 6.67. The summed E-state index contributed by atoms with van der Waals surface area (Å²) in [6, 6.07) is 15.3. The van der Waals surface area contributed by atoms with Crippen LogP contribution in [-0.2, 0) is 13.6 Å². The molecule has 0 N–H and O–H groups in total. The number of rotatable bonds is 6. The molecule has 0 saturated carbocycles. The number of nitrogens with zero attached hydrogens (tertiary/aromatic N) is 2. The van der Waals surface area contributed by atoms with Gasteiger partial charge in [0.1, 0.15) is 0 Å². The van der Waals surface area contributed by atoms with Gasteiger partial charge in [-0.05, 0) is 38.1 Å². The van der Waals surface area contributed by atoms with Crippen LogP contribution in [0.15, 0.2) is 54.7 Å². The highest BCUT2D eigenvalue weighted by Gasteiger charge is 2.29. The number of hydrogen-bond acceptors (Lipinski definition) is 4. The normalized spacial score (nSPS) is 11.9. The largest absolute Gasteiger partial charge is 0.362 e. The first-order valence-electron chi connectivity index (χ1n) is 7.61. The van der Waals surface area contributed by atoms with Crippen LogP contribution in [-0.4, -0.2) is 23.0 Å². The van der Waals surface area contributed by atoms with Gasteiger partial charge in [-0.2, -0.15) is 5.10 Å². The van der Waals surface area contributed by atoms with E-state index in [0.717, 1.165) is 16.6 Å². The van der Waals surface area contributed by atoms with Crippen molar-refractivity contribution in [1.82, 2.24) is 9.78 Å². The van der Waals surface area contributed by atoms with Crippen LogP contribution in [0.2, 0.25) is 0 Å². The third-order valence-electron chi connectivity index (χ3n) is 3.44. The van der Waals surface area contributed by atoms with Gasteiger partial charge in [-0.15, -0.1) is 0 Å². The van der Waals surface area contributed by atoms with Crippen molar-refractivity contribution in [3.8, 4) is 5.69 Å². The Morgan fingerprint density at radius 3 is 2.35 bits per heavy atom. The van der Waals surface area contributed by atoms with Gasteiger partial charge in [-0.25, -0.2) is 4.68 Å². The smallest absolute Gasteiger partial charge is 0.305 e. The minimum atomic E-state index is -3.35. The summed E-state index contributed by atoms with van der Waals surface area (Å²) in [4.78, 5) is 0. The standard InChI is InChI=1S/C17H19N2O3P/c1-3-21-23(20,22-4-2)17-12-8-11-16-15(17)13-19(18-16)14-9-6-5-7-10-14/h5-13H,3-4H2,1-2H3. The maximum atomic E-state index is 13.1. The third-order valence-corrected chi connectivity index (χ3v) is 5.62. The maximum Gasteiger partial charge on any atom is 0.362 e. The summed E-state index contributed by atoms with van der Waals surface area (Å²) in [5.74, 6) is 0. The van der Waals surface area contributed by atoms with Gasteiger partial charge in [0, 0.05) is 11.6 Å². The number of benzene rings is 2. The Morgan fingerprint density at radius 2 is 1.70 bits per heavy atom. The fourth-order valence-electron chi connectivity index (χ4n) is 2.50. The second-order valence-corrected chi connectivity index (χ2v) is 6.95. The van der Waals surface area contributed by atoms with E-state index in [0.29, 0.717) is 18.5 Å². The Kier molecular flexibility index (Phi) is 4.62. The van der Waals surface area contributed by atoms with E-state index in [2.05, 4.69) is 5.10 Å². The lowest BCUT2D eigenvalue weighted by molar-refractivity contribution is 0.230. The second-order valence-electron chi connectivity index (χ2n) is 4.95. The zero-order chi connectivity index (χ0) is 16.3. The van der Waals surface area contributed by atoms with E-state index in [9.17, 15) is 4.57 Å². The van der Waals surface area contributed by atoms with Crippen LogP contribution in [0.25, 0.3) is 16.6 Å². The number of hydrogen-bond donors (Lipinski definition) is 0. The molecule has 3 rings (SSSR count). The molecule has 1 heterocycles. The molecule has 0 aliphatic heterocycles. The predicted molar refractivity (Wildman–Crippen MR) is 91.6 cm³/mol. The molecular formula is C17H19N2O3P. The van der Waals surface area contributed by atoms with Crippen LogP contribution in [0.5, 0.6) is 0 Å². The molecule has 0 radical (unpaired) electrons. The first kappa shape index (κ1) is 15.9. The molecule has 1 aromatic heterocycles. The van der Waals surface area contributed by atoms with Gasteiger partial charge in [0.15, 0.2) is 0 Å². The van der Waals surface area contributed by atoms with Gasteiger partial charge in [-0.1, -0.05) is 24.3 Å². The Hall–Kier alpha value is -1.94. The number of para-hydroxylation sites is 1. The van der Waals surface area contributed by atoms with Crippen molar-refractivity contribution in [2.45, 2.75) is 13.8 Å². The van der Waals surface area contributed by atoms with Crippen molar-refractivity contribution in [3.63, 3.8) is 0 Å². The molecule has 0 saturated heterocycles. The van der Waals surface area contributed by atoms with Crippen LogP contribution in [0.1, 0.15) is 13.8 Å². The zero-order valence-electron chi connectivity index (χ0n) is 13.2. The van der Waals surface area contributed by atoms with Crippen molar-refractivity contribution in [1.29, 1.82) is 0 Å². The topological polar surface area (TPSA) is 53.4 Å². The first-order chi connectivity index (χ1) is 11.2. The third kappa shape index (κ3) is 3.08. The molecule has 0 fully saturated rings. The fraction of sp³-hybridized carbons (Fsp3) is 0.235. The molecule has 0 unspecified atom stereocenters. The molecule has 0 bridgehead atoms. The van der Waals surface area contributed by atoms with Gasteiger partial charge in [0.2, 0.25) is 0 Å². The van der Waals surface area contributed by atoms with Crippen LogP contribution >= 0.6 is 7.60 Å². The van der Waals surface area contributed by atoms with E-state index in [1.54, 1.807) is 24.6 Å². The fourth-order valence-corrected chi connectivity index (χ4v) is 4.26. The molecule has 23 heavy (non-hydrogen) atoms. The van der Waals surface area contributed by atoms with Crippen molar-refractivity contribution < 1.29 is 13.6 Å². The predicted octanol–water partition coefficient (Wildman–Crippen LogP) is 3.92. The van der Waals surface area contributed by atoms with Gasteiger partial charge >= 0.3 is 7.60 Å². The molecular weight excluding hydrogens is 311 g/mol. The molecule has 6 heteroatoms.